The lowest BCUT2D eigenvalue weighted by atomic mass is 9.87. The Hall–Kier alpha value is -3.55. The molecule has 1 saturated heterocycles. The molecule has 0 saturated carbocycles. The molecule has 1 fully saturated rings. The monoisotopic (exact) mass is 412 g/mol. The number of ether oxygens (including phenoxy) is 3. The summed E-state index contributed by atoms with van der Waals surface area (Å²) in [6.07, 6.45) is 0.330. The minimum atomic E-state index is -1.23. The number of imide groups is 1. The molecule has 1 atom stereocenters. The van der Waals surface area contributed by atoms with Crippen molar-refractivity contribution in [3.63, 3.8) is 0 Å². The van der Waals surface area contributed by atoms with Crippen molar-refractivity contribution in [2.75, 3.05) is 27.9 Å². The molecule has 1 aliphatic heterocycles. The molecule has 0 aliphatic carbocycles. The molecule has 0 bridgehead atoms. The predicted octanol–water partition coefficient (Wildman–Crippen LogP) is 2.75. The van der Waals surface area contributed by atoms with Crippen molar-refractivity contribution >= 4 is 17.7 Å². The van der Waals surface area contributed by atoms with E-state index in [9.17, 15) is 14.4 Å². The molecule has 0 spiro atoms. The van der Waals surface area contributed by atoms with Crippen LogP contribution >= 0.6 is 0 Å². The van der Waals surface area contributed by atoms with Crippen LogP contribution in [-0.2, 0) is 10.3 Å². The number of nitrogens with zero attached hydrogens (tertiary/aromatic N) is 1. The van der Waals surface area contributed by atoms with Crippen LogP contribution in [0.5, 0.6) is 17.2 Å². The number of ketones is 1. The van der Waals surface area contributed by atoms with Crippen LogP contribution in [0.4, 0.5) is 4.79 Å². The normalized spacial score (nSPS) is 18.2. The minimum absolute atomic E-state index is 0.232. The van der Waals surface area contributed by atoms with Crippen LogP contribution < -0.4 is 19.5 Å². The van der Waals surface area contributed by atoms with E-state index in [1.54, 1.807) is 50.4 Å². The smallest absolute Gasteiger partial charge is 0.325 e. The van der Waals surface area contributed by atoms with E-state index in [1.807, 2.05) is 0 Å². The van der Waals surface area contributed by atoms with Crippen LogP contribution in [0, 0.1) is 0 Å². The number of amides is 3. The van der Waals surface area contributed by atoms with Gasteiger partial charge < -0.3 is 19.5 Å². The topological polar surface area (TPSA) is 94.2 Å². The zero-order valence-corrected chi connectivity index (χ0v) is 17.4. The number of nitrogens with one attached hydrogen (secondary N) is 1. The van der Waals surface area contributed by atoms with E-state index in [1.165, 1.54) is 20.3 Å². The quantitative estimate of drug-likeness (QED) is 0.529. The van der Waals surface area contributed by atoms with E-state index < -0.39 is 29.8 Å². The lowest BCUT2D eigenvalue weighted by Crippen LogP contribution is -2.43. The zero-order chi connectivity index (χ0) is 21.9. The highest BCUT2D eigenvalue weighted by Crippen LogP contribution is 2.34. The van der Waals surface area contributed by atoms with Crippen molar-refractivity contribution in [2.24, 2.45) is 0 Å². The van der Waals surface area contributed by atoms with E-state index in [2.05, 4.69) is 5.32 Å². The summed E-state index contributed by atoms with van der Waals surface area (Å²) in [4.78, 5) is 39.8. The van der Waals surface area contributed by atoms with Gasteiger partial charge in [0.1, 0.15) is 22.8 Å². The van der Waals surface area contributed by atoms with Gasteiger partial charge in [0.15, 0.2) is 5.78 Å². The van der Waals surface area contributed by atoms with Crippen LogP contribution in [0.3, 0.4) is 0 Å². The van der Waals surface area contributed by atoms with Crippen LogP contribution in [0.2, 0.25) is 0 Å². The summed E-state index contributed by atoms with van der Waals surface area (Å²) in [5.74, 6) is 0.535. The molecule has 30 heavy (non-hydrogen) atoms. The zero-order valence-electron chi connectivity index (χ0n) is 17.4. The van der Waals surface area contributed by atoms with Crippen molar-refractivity contribution in [3.8, 4) is 17.2 Å². The van der Waals surface area contributed by atoms with Crippen molar-refractivity contribution in [1.82, 2.24) is 10.2 Å². The lowest BCUT2D eigenvalue weighted by Gasteiger charge is -2.26. The molecule has 1 N–H and O–H groups in total. The Morgan fingerprint density at radius 2 is 1.60 bits per heavy atom. The summed E-state index contributed by atoms with van der Waals surface area (Å²) in [5.41, 5.74) is -0.379. The van der Waals surface area contributed by atoms with Gasteiger partial charge in [-0.15, -0.1) is 0 Å². The molecular weight excluding hydrogens is 388 g/mol. The number of hydrogen-bond acceptors (Lipinski definition) is 6. The lowest BCUT2D eigenvalue weighted by molar-refractivity contribution is -0.131. The average molecular weight is 412 g/mol. The number of hydrogen-bond donors (Lipinski definition) is 1. The van der Waals surface area contributed by atoms with Crippen LogP contribution in [0.1, 0.15) is 29.3 Å². The summed E-state index contributed by atoms with van der Waals surface area (Å²) in [6.45, 7) is 1.39. The number of carbonyl (C=O) groups is 3. The second-order valence-electron chi connectivity index (χ2n) is 6.80. The standard InChI is InChI=1S/C22H24N2O6/c1-5-22(14-6-8-15(28-2)9-7-14)20(26)24(21(27)23-22)13-18(25)17-12-16(29-3)10-11-19(17)30-4/h6-12H,5,13H2,1-4H3,(H,23,27)/t22-/m0/s1. The van der Waals surface area contributed by atoms with Gasteiger partial charge in [0.05, 0.1) is 33.4 Å². The second kappa shape index (κ2) is 8.44. The average Bonchev–Trinajstić information content (AvgIpc) is 3.03. The summed E-state index contributed by atoms with van der Waals surface area (Å²) >= 11 is 0. The SMILES string of the molecule is CC[C@@]1(c2ccc(OC)cc2)NC(=O)N(CC(=O)c2cc(OC)ccc2OC)C1=O. The molecule has 0 aromatic heterocycles. The number of carbonyl (C=O) groups excluding carboxylic acids is 3. The molecule has 0 unspecified atom stereocenters. The maximum Gasteiger partial charge on any atom is 0.325 e. The highest BCUT2D eigenvalue weighted by atomic mass is 16.5. The van der Waals surface area contributed by atoms with Crippen molar-refractivity contribution < 1.29 is 28.6 Å². The summed E-state index contributed by atoms with van der Waals surface area (Å²) in [7, 11) is 4.48. The molecule has 3 amide bonds. The molecule has 2 aromatic carbocycles. The number of rotatable bonds is 8. The third-order valence-electron chi connectivity index (χ3n) is 5.30. The van der Waals surface area contributed by atoms with Crippen LogP contribution in [-0.4, -0.2) is 50.5 Å². The number of benzene rings is 2. The van der Waals surface area contributed by atoms with Gasteiger partial charge in [-0.25, -0.2) is 4.79 Å². The van der Waals surface area contributed by atoms with Crippen LogP contribution in [0.15, 0.2) is 42.5 Å². The number of Topliss-reactive ketones (excluding diaryl/α,β-unsaturated/α-hetero) is 1. The number of urea groups is 1. The van der Waals surface area contributed by atoms with Crippen molar-refractivity contribution in [1.29, 1.82) is 0 Å². The van der Waals surface area contributed by atoms with E-state index in [4.69, 9.17) is 14.2 Å². The Morgan fingerprint density at radius 1 is 0.967 bits per heavy atom. The van der Waals surface area contributed by atoms with Gasteiger partial charge in [0, 0.05) is 0 Å². The van der Waals surface area contributed by atoms with Gasteiger partial charge in [0.2, 0.25) is 0 Å². The predicted molar refractivity (Wildman–Crippen MR) is 109 cm³/mol. The van der Waals surface area contributed by atoms with Crippen LogP contribution in [0.25, 0.3) is 0 Å². The van der Waals surface area contributed by atoms with E-state index in [0.717, 1.165) is 4.90 Å². The number of methoxy groups -OCH3 is 3. The molecule has 3 rings (SSSR count). The molecule has 2 aromatic rings. The van der Waals surface area contributed by atoms with Gasteiger partial charge in [-0.2, -0.15) is 0 Å². The fourth-order valence-electron chi connectivity index (χ4n) is 3.55. The molecule has 0 radical (unpaired) electrons. The first-order valence-corrected chi connectivity index (χ1v) is 9.44. The Bertz CT molecular complexity index is 972. The van der Waals surface area contributed by atoms with Crippen molar-refractivity contribution in [2.45, 2.75) is 18.9 Å². The largest absolute Gasteiger partial charge is 0.497 e. The second-order valence-corrected chi connectivity index (χ2v) is 6.80. The van der Waals surface area contributed by atoms with Gasteiger partial charge in [-0.05, 0) is 42.3 Å². The fraction of sp³-hybridized carbons (Fsp3) is 0.318. The maximum atomic E-state index is 13.3. The van der Waals surface area contributed by atoms with Gasteiger partial charge in [0.25, 0.3) is 5.91 Å². The molecule has 1 heterocycles. The third-order valence-corrected chi connectivity index (χ3v) is 5.30. The summed E-state index contributed by atoms with van der Waals surface area (Å²) in [5, 5.41) is 2.77. The highest BCUT2D eigenvalue weighted by molar-refractivity contribution is 6.12. The summed E-state index contributed by atoms with van der Waals surface area (Å²) in [6, 6.07) is 11.1. The first-order valence-electron chi connectivity index (χ1n) is 9.44. The van der Waals surface area contributed by atoms with E-state index >= 15 is 0 Å². The Kier molecular flexibility index (Phi) is 5.96. The van der Waals surface area contributed by atoms with Gasteiger partial charge in [-0.3, -0.25) is 14.5 Å². The molecular formula is C22H24N2O6. The van der Waals surface area contributed by atoms with Gasteiger partial charge >= 0.3 is 6.03 Å². The first kappa shape index (κ1) is 21.2. The molecule has 1 aliphatic rings. The first-order chi connectivity index (χ1) is 14.4. The summed E-state index contributed by atoms with van der Waals surface area (Å²) < 4.78 is 15.6. The Morgan fingerprint density at radius 3 is 2.17 bits per heavy atom. The minimum Gasteiger partial charge on any atom is -0.497 e. The molecule has 158 valence electrons. The third kappa shape index (κ3) is 3.56. The fourth-order valence-corrected chi connectivity index (χ4v) is 3.55. The highest BCUT2D eigenvalue weighted by Gasteiger charge is 2.51. The Balaban J connectivity index is 1.90. The van der Waals surface area contributed by atoms with Crippen molar-refractivity contribution in [3.05, 3.63) is 53.6 Å². The van der Waals surface area contributed by atoms with Gasteiger partial charge in [-0.1, -0.05) is 19.1 Å². The van der Waals surface area contributed by atoms with E-state index in [0.29, 0.717) is 29.2 Å². The van der Waals surface area contributed by atoms with E-state index in [-0.39, 0.29) is 5.56 Å². The Labute approximate surface area is 174 Å². The molecule has 8 heteroatoms. The maximum absolute atomic E-state index is 13.3. The molecule has 8 nitrogen and oxygen atoms in total.